The third kappa shape index (κ3) is 2.30. The Morgan fingerprint density at radius 2 is 2.38 bits per heavy atom. The first-order valence-electron chi connectivity index (χ1n) is 5.29. The molecule has 1 heterocycles. The maximum absolute atomic E-state index is 10.8. The molecule has 0 saturated carbocycles. The molecule has 1 aromatic rings. The predicted octanol–water partition coefficient (Wildman–Crippen LogP) is 1.64. The van der Waals surface area contributed by atoms with Crippen molar-refractivity contribution in [3.63, 3.8) is 0 Å². The normalized spacial score (nSPS) is 19.7. The van der Waals surface area contributed by atoms with Crippen molar-refractivity contribution in [3.8, 4) is 5.75 Å². The second-order valence-electron chi connectivity index (χ2n) is 3.96. The maximum atomic E-state index is 10.8. The molecule has 1 unspecified atom stereocenters. The van der Waals surface area contributed by atoms with Gasteiger partial charge in [-0.3, -0.25) is 10.1 Å². The standard InChI is InChI=1S/C11H14N2O3/c1-8-2-3-10(13(14)15)11(6-8)16-9-4-5-12-7-9/h2-3,6,9,12H,4-5,7H2,1H3. The number of rotatable bonds is 3. The molecule has 5 nitrogen and oxygen atoms in total. The lowest BCUT2D eigenvalue weighted by Crippen LogP contribution is -2.20. The topological polar surface area (TPSA) is 64.4 Å². The highest BCUT2D eigenvalue weighted by molar-refractivity contribution is 5.48. The fourth-order valence-electron chi connectivity index (χ4n) is 1.77. The molecule has 1 aliphatic rings. The van der Waals surface area contributed by atoms with Gasteiger partial charge in [-0.25, -0.2) is 0 Å². The molecule has 0 radical (unpaired) electrons. The van der Waals surface area contributed by atoms with E-state index in [4.69, 9.17) is 4.74 Å². The largest absolute Gasteiger partial charge is 0.482 e. The molecule has 86 valence electrons. The van der Waals surface area contributed by atoms with Crippen molar-refractivity contribution in [1.82, 2.24) is 5.32 Å². The molecular weight excluding hydrogens is 208 g/mol. The Kier molecular flexibility index (Phi) is 3.05. The van der Waals surface area contributed by atoms with Crippen LogP contribution in [0.5, 0.6) is 5.75 Å². The third-order valence-electron chi connectivity index (χ3n) is 2.62. The van der Waals surface area contributed by atoms with E-state index < -0.39 is 4.92 Å². The molecule has 1 atom stereocenters. The van der Waals surface area contributed by atoms with Crippen molar-refractivity contribution in [3.05, 3.63) is 33.9 Å². The molecule has 0 spiro atoms. The van der Waals surface area contributed by atoms with Gasteiger partial charge in [-0.1, -0.05) is 6.07 Å². The van der Waals surface area contributed by atoms with E-state index in [1.165, 1.54) is 6.07 Å². The first-order valence-corrected chi connectivity index (χ1v) is 5.29. The molecule has 1 aliphatic heterocycles. The van der Waals surface area contributed by atoms with E-state index in [1.807, 2.05) is 6.92 Å². The van der Waals surface area contributed by atoms with Crippen LogP contribution in [0.4, 0.5) is 5.69 Å². The summed E-state index contributed by atoms with van der Waals surface area (Å²) >= 11 is 0. The molecule has 1 fully saturated rings. The first kappa shape index (κ1) is 10.9. The van der Waals surface area contributed by atoms with Crippen molar-refractivity contribution in [2.24, 2.45) is 0 Å². The van der Waals surface area contributed by atoms with E-state index in [1.54, 1.807) is 12.1 Å². The van der Waals surface area contributed by atoms with Crippen LogP contribution >= 0.6 is 0 Å². The highest BCUT2D eigenvalue weighted by Gasteiger charge is 2.21. The van der Waals surface area contributed by atoms with Crippen molar-refractivity contribution in [2.45, 2.75) is 19.4 Å². The van der Waals surface area contributed by atoms with Crippen molar-refractivity contribution in [2.75, 3.05) is 13.1 Å². The van der Waals surface area contributed by atoms with Gasteiger partial charge in [-0.15, -0.1) is 0 Å². The van der Waals surface area contributed by atoms with Gasteiger partial charge in [-0.2, -0.15) is 0 Å². The predicted molar refractivity (Wildman–Crippen MR) is 59.7 cm³/mol. The van der Waals surface area contributed by atoms with E-state index in [2.05, 4.69) is 5.32 Å². The van der Waals surface area contributed by atoms with Gasteiger partial charge in [0.1, 0.15) is 6.10 Å². The minimum atomic E-state index is -0.406. The van der Waals surface area contributed by atoms with Crippen LogP contribution in [0.25, 0.3) is 0 Å². The SMILES string of the molecule is Cc1ccc([N+](=O)[O-])c(OC2CCNC2)c1. The minimum absolute atomic E-state index is 0.0394. The fraction of sp³-hybridized carbons (Fsp3) is 0.455. The molecule has 0 bridgehead atoms. The summed E-state index contributed by atoms with van der Waals surface area (Å²) in [5.74, 6) is 0.374. The Labute approximate surface area is 93.6 Å². The monoisotopic (exact) mass is 222 g/mol. The molecular formula is C11H14N2O3. The summed E-state index contributed by atoms with van der Waals surface area (Å²) in [6.45, 7) is 3.55. The number of hydrogen-bond acceptors (Lipinski definition) is 4. The van der Waals surface area contributed by atoms with Gasteiger partial charge in [0.2, 0.25) is 0 Å². The van der Waals surface area contributed by atoms with Gasteiger partial charge in [0.15, 0.2) is 5.75 Å². The zero-order chi connectivity index (χ0) is 11.5. The summed E-state index contributed by atoms with van der Waals surface area (Å²) in [6, 6.07) is 4.93. The van der Waals surface area contributed by atoms with Crippen LogP contribution < -0.4 is 10.1 Å². The first-order chi connectivity index (χ1) is 7.66. The van der Waals surface area contributed by atoms with Crippen LogP contribution in [0.1, 0.15) is 12.0 Å². The Morgan fingerprint density at radius 1 is 1.56 bits per heavy atom. The number of nitrogens with one attached hydrogen (secondary N) is 1. The Hall–Kier alpha value is -1.62. The second kappa shape index (κ2) is 4.49. The Balaban J connectivity index is 2.22. The van der Waals surface area contributed by atoms with Crippen molar-refractivity contribution in [1.29, 1.82) is 0 Å². The zero-order valence-corrected chi connectivity index (χ0v) is 9.10. The zero-order valence-electron chi connectivity index (χ0n) is 9.10. The summed E-state index contributed by atoms with van der Waals surface area (Å²) in [4.78, 5) is 10.4. The number of nitro groups is 1. The number of benzene rings is 1. The summed E-state index contributed by atoms with van der Waals surface area (Å²) in [5, 5.41) is 14.0. The number of hydrogen-bond donors (Lipinski definition) is 1. The molecule has 0 aromatic heterocycles. The van der Waals surface area contributed by atoms with E-state index in [0.29, 0.717) is 5.75 Å². The molecule has 1 aromatic carbocycles. The lowest BCUT2D eigenvalue weighted by Gasteiger charge is -2.12. The van der Waals surface area contributed by atoms with Gasteiger partial charge >= 0.3 is 5.69 Å². The number of nitro benzene ring substituents is 1. The summed E-state index contributed by atoms with van der Waals surface area (Å²) < 4.78 is 5.64. The molecule has 16 heavy (non-hydrogen) atoms. The van der Waals surface area contributed by atoms with Gasteiger partial charge < -0.3 is 10.1 Å². The van der Waals surface area contributed by atoms with Crippen LogP contribution in [0.2, 0.25) is 0 Å². The quantitative estimate of drug-likeness (QED) is 0.623. The summed E-state index contributed by atoms with van der Waals surface area (Å²) in [6.07, 6.45) is 0.936. The highest BCUT2D eigenvalue weighted by atomic mass is 16.6. The molecule has 0 amide bonds. The van der Waals surface area contributed by atoms with E-state index >= 15 is 0 Å². The van der Waals surface area contributed by atoms with Crippen LogP contribution in [0.3, 0.4) is 0 Å². The smallest absolute Gasteiger partial charge is 0.310 e. The molecule has 1 saturated heterocycles. The maximum Gasteiger partial charge on any atom is 0.310 e. The van der Waals surface area contributed by atoms with Gasteiger partial charge in [0.25, 0.3) is 0 Å². The summed E-state index contributed by atoms with van der Waals surface area (Å²) in [7, 11) is 0. The van der Waals surface area contributed by atoms with Gasteiger partial charge in [-0.05, 0) is 31.5 Å². The lowest BCUT2D eigenvalue weighted by molar-refractivity contribution is -0.386. The average molecular weight is 222 g/mol. The van der Waals surface area contributed by atoms with Crippen LogP contribution in [-0.2, 0) is 0 Å². The third-order valence-corrected chi connectivity index (χ3v) is 2.62. The van der Waals surface area contributed by atoms with Gasteiger partial charge in [0.05, 0.1) is 4.92 Å². The lowest BCUT2D eigenvalue weighted by atomic mass is 10.2. The average Bonchev–Trinajstić information content (AvgIpc) is 2.70. The summed E-state index contributed by atoms with van der Waals surface area (Å²) in [5.41, 5.74) is 1.00. The molecule has 2 rings (SSSR count). The van der Waals surface area contributed by atoms with Crippen molar-refractivity contribution >= 4 is 5.69 Å². The fourth-order valence-corrected chi connectivity index (χ4v) is 1.77. The van der Waals surface area contributed by atoms with E-state index in [0.717, 1.165) is 25.1 Å². The molecule has 5 heteroatoms. The van der Waals surface area contributed by atoms with Crippen LogP contribution in [0, 0.1) is 17.0 Å². The Bertz CT molecular complexity index is 400. The minimum Gasteiger partial charge on any atom is -0.482 e. The number of aryl methyl sites for hydroxylation is 1. The van der Waals surface area contributed by atoms with Crippen LogP contribution in [-0.4, -0.2) is 24.1 Å². The number of nitrogens with zero attached hydrogens (tertiary/aromatic N) is 1. The molecule has 0 aliphatic carbocycles. The van der Waals surface area contributed by atoms with E-state index in [-0.39, 0.29) is 11.8 Å². The number of ether oxygens (including phenoxy) is 1. The Morgan fingerprint density at radius 3 is 3.00 bits per heavy atom. The van der Waals surface area contributed by atoms with Crippen molar-refractivity contribution < 1.29 is 9.66 Å². The van der Waals surface area contributed by atoms with Crippen LogP contribution in [0.15, 0.2) is 18.2 Å². The van der Waals surface area contributed by atoms with Gasteiger partial charge in [0, 0.05) is 12.6 Å². The van der Waals surface area contributed by atoms with E-state index in [9.17, 15) is 10.1 Å². The molecule has 1 N–H and O–H groups in total. The second-order valence-corrected chi connectivity index (χ2v) is 3.96. The highest BCUT2D eigenvalue weighted by Crippen LogP contribution is 2.29.